The van der Waals surface area contributed by atoms with Crippen molar-refractivity contribution in [3.63, 3.8) is 0 Å². The van der Waals surface area contributed by atoms with Gasteiger partial charge >= 0.3 is 0 Å². The van der Waals surface area contributed by atoms with Crippen molar-refractivity contribution in [1.82, 2.24) is 10.2 Å². The van der Waals surface area contributed by atoms with E-state index in [1.165, 1.54) is 0 Å². The third kappa shape index (κ3) is 5.33. The number of piperidine rings is 1. The van der Waals surface area contributed by atoms with E-state index in [4.69, 9.17) is 4.74 Å². The average Bonchev–Trinajstić information content (AvgIpc) is 2.70. The van der Waals surface area contributed by atoms with E-state index >= 15 is 0 Å². The Morgan fingerprint density at radius 2 is 1.70 bits per heavy atom. The van der Waals surface area contributed by atoms with Crippen LogP contribution in [0.15, 0.2) is 54.6 Å². The minimum Gasteiger partial charge on any atom is -0.494 e. The molecular formula is C22H26N2O3. The topological polar surface area (TPSA) is 58.6 Å². The van der Waals surface area contributed by atoms with E-state index in [-0.39, 0.29) is 17.9 Å². The smallest absolute Gasteiger partial charge is 0.253 e. The lowest BCUT2D eigenvalue weighted by Crippen LogP contribution is -2.46. The zero-order valence-corrected chi connectivity index (χ0v) is 15.7. The molecule has 27 heavy (non-hydrogen) atoms. The average molecular weight is 366 g/mol. The van der Waals surface area contributed by atoms with Gasteiger partial charge in [-0.1, -0.05) is 30.3 Å². The van der Waals surface area contributed by atoms with Gasteiger partial charge in [-0.25, -0.2) is 0 Å². The molecule has 1 aliphatic rings. The Kier molecular flexibility index (Phi) is 6.47. The Morgan fingerprint density at radius 3 is 2.33 bits per heavy atom. The number of benzene rings is 2. The summed E-state index contributed by atoms with van der Waals surface area (Å²) >= 11 is 0. The van der Waals surface area contributed by atoms with Crippen molar-refractivity contribution in [2.75, 3.05) is 19.7 Å². The second-order valence-electron chi connectivity index (χ2n) is 6.75. The van der Waals surface area contributed by atoms with Gasteiger partial charge in [-0.3, -0.25) is 9.59 Å². The van der Waals surface area contributed by atoms with Crippen LogP contribution < -0.4 is 10.1 Å². The molecule has 0 atom stereocenters. The van der Waals surface area contributed by atoms with Crippen molar-refractivity contribution in [2.45, 2.75) is 32.2 Å². The number of amides is 2. The molecule has 1 aliphatic heterocycles. The second kappa shape index (κ2) is 9.21. The second-order valence-corrected chi connectivity index (χ2v) is 6.75. The maximum Gasteiger partial charge on any atom is 0.253 e. The van der Waals surface area contributed by atoms with Crippen LogP contribution >= 0.6 is 0 Å². The fourth-order valence-corrected chi connectivity index (χ4v) is 3.32. The molecule has 0 aromatic heterocycles. The van der Waals surface area contributed by atoms with Crippen LogP contribution in [-0.4, -0.2) is 42.5 Å². The molecule has 2 amide bonds. The molecule has 1 N–H and O–H groups in total. The van der Waals surface area contributed by atoms with Crippen molar-refractivity contribution in [2.24, 2.45) is 0 Å². The minimum atomic E-state index is 0.0204. The molecule has 0 radical (unpaired) electrons. The molecule has 0 unspecified atom stereocenters. The number of likely N-dealkylation sites (tertiary alicyclic amines) is 1. The van der Waals surface area contributed by atoms with E-state index in [2.05, 4.69) is 5.32 Å². The lowest BCUT2D eigenvalue weighted by atomic mass is 10.0. The molecule has 5 nitrogen and oxygen atoms in total. The molecule has 5 heteroatoms. The minimum absolute atomic E-state index is 0.0204. The summed E-state index contributed by atoms with van der Waals surface area (Å²) in [5.41, 5.74) is 1.68. The number of hydrogen-bond donors (Lipinski definition) is 1. The number of ether oxygens (including phenoxy) is 1. The van der Waals surface area contributed by atoms with Crippen molar-refractivity contribution < 1.29 is 14.3 Å². The van der Waals surface area contributed by atoms with Crippen LogP contribution in [0.3, 0.4) is 0 Å². The molecule has 1 fully saturated rings. The van der Waals surface area contributed by atoms with E-state index in [1.807, 2.05) is 66.4 Å². The Morgan fingerprint density at radius 1 is 1.04 bits per heavy atom. The molecule has 142 valence electrons. The van der Waals surface area contributed by atoms with Crippen molar-refractivity contribution in [3.05, 3.63) is 65.7 Å². The maximum atomic E-state index is 12.5. The monoisotopic (exact) mass is 366 g/mol. The Balaban J connectivity index is 1.44. The Labute approximate surface area is 160 Å². The lowest BCUT2D eigenvalue weighted by Gasteiger charge is -2.32. The highest BCUT2D eigenvalue weighted by Crippen LogP contribution is 2.15. The maximum absolute atomic E-state index is 12.5. The first kappa shape index (κ1) is 19.0. The van der Waals surface area contributed by atoms with E-state index in [1.54, 1.807) is 0 Å². The van der Waals surface area contributed by atoms with Gasteiger partial charge in [0.1, 0.15) is 5.75 Å². The van der Waals surface area contributed by atoms with Crippen molar-refractivity contribution in [1.29, 1.82) is 0 Å². The van der Waals surface area contributed by atoms with Crippen LogP contribution in [-0.2, 0) is 11.2 Å². The molecule has 1 saturated heterocycles. The number of hydrogen-bond acceptors (Lipinski definition) is 3. The predicted octanol–water partition coefficient (Wildman–Crippen LogP) is 3.05. The molecule has 0 aliphatic carbocycles. The number of nitrogens with one attached hydrogen (secondary N) is 1. The highest BCUT2D eigenvalue weighted by Gasteiger charge is 2.24. The molecule has 0 saturated carbocycles. The summed E-state index contributed by atoms with van der Waals surface area (Å²) in [6.45, 7) is 3.91. The quantitative estimate of drug-likeness (QED) is 0.855. The highest BCUT2D eigenvalue weighted by molar-refractivity contribution is 5.94. The van der Waals surface area contributed by atoms with Crippen molar-refractivity contribution >= 4 is 11.8 Å². The molecule has 3 rings (SSSR count). The van der Waals surface area contributed by atoms with Gasteiger partial charge in [-0.15, -0.1) is 0 Å². The standard InChI is InChI=1S/C22H26N2O3/c1-2-27-20-10-8-17(9-11-20)16-21(25)23-19-12-14-24(15-13-19)22(26)18-6-4-3-5-7-18/h3-11,19H,2,12-16H2,1H3,(H,23,25). The summed E-state index contributed by atoms with van der Waals surface area (Å²) in [5, 5.41) is 3.10. The van der Waals surface area contributed by atoms with E-state index in [0.29, 0.717) is 26.1 Å². The van der Waals surface area contributed by atoms with Crippen LogP contribution in [0.2, 0.25) is 0 Å². The molecule has 2 aromatic rings. The summed E-state index contributed by atoms with van der Waals surface area (Å²) < 4.78 is 5.42. The van der Waals surface area contributed by atoms with Gasteiger partial charge in [-0.05, 0) is 49.6 Å². The largest absolute Gasteiger partial charge is 0.494 e. The molecule has 0 spiro atoms. The van der Waals surface area contributed by atoms with Gasteiger partial charge in [0.15, 0.2) is 0 Å². The number of rotatable bonds is 6. The zero-order valence-electron chi connectivity index (χ0n) is 15.7. The van der Waals surface area contributed by atoms with Crippen LogP contribution in [0.1, 0.15) is 35.7 Å². The van der Waals surface area contributed by atoms with Gasteiger partial charge in [-0.2, -0.15) is 0 Å². The van der Waals surface area contributed by atoms with Gasteiger partial charge in [0.25, 0.3) is 5.91 Å². The van der Waals surface area contributed by atoms with Crippen LogP contribution in [0, 0.1) is 0 Å². The van der Waals surface area contributed by atoms with Crippen LogP contribution in [0.4, 0.5) is 0 Å². The van der Waals surface area contributed by atoms with Gasteiger partial charge in [0.2, 0.25) is 5.91 Å². The first-order valence-corrected chi connectivity index (χ1v) is 9.51. The summed E-state index contributed by atoms with van der Waals surface area (Å²) in [4.78, 5) is 26.6. The van der Waals surface area contributed by atoms with Crippen LogP contribution in [0.25, 0.3) is 0 Å². The molecule has 0 bridgehead atoms. The molecular weight excluding hydrogens is 340 g/mol. The predicted molar refractivity (Wildman–Crippen MR) is 105 cm³/mol. The van der Waals surface area contributed by atoms with E-state index in [0.717, 1.165) is 29.7 Å². The third-order valence-corrected chi connectivity index (χ3v) is 4.77. The molecule has 2 aromatic carbocycles. The SMILES string of the molecule is CCOc1ccc(CC(=O)NC2CCN(C(=O)c3ccccc3)CC2)cc1. The number of carbonyl (C=O) groups excluding carboxylic acids is 2. The lowest BCUT2D eigenvalue weighted by molar-refractivity contribution is -0.121. The summed E-state index contributed by atoms with van der Waals surface area (Å²) in [6.07, 6.45) is 1.93. The zero-order chi connectivity index (χ0) is 19.1. The first-order chi connectivity index (χ1) is 13.2. The van der Waals surface area contributed by atoms with Crippen LogP contribution in [0.5, 0.6) is 5.75 Å². The van der Waals surface area contributed by atoms with E-state index in [9.17, 15) is 9.59 Å². The first-order valence-electron chi connectivity index (χ1n) is 9.51. The number of carbonyl (C=O) groups is 2. The summed E-state index contributed by atoms with van der Waals surface area (Å²) in [7, 11) is 0. The van der Waals surface area contributed by atoms with Gasteiger partial charge in [0, 0.05) is 24.7 Å². The van der Waals surface area contributed by atoms with Gasteiger partial charge < -0.3 is 15.0 Å². The fourth-order valence-electron chi connectivity index (χ4n) is 3.32. The Hall–Kier alpha value is -2.82. The van der Waals surface area contributed by atoms with Gasteiger partial charge in [0.05, 0.1) is 13.0 Å². The highest BCUT2D eigenvalue weighted by atomic mass is 16.5. The summed E-state index contributed by atoms with van der Waals surface area (Å²) in [5.74, 6) is 0.902. The van der Waals surface area contributed by atoms with E-state index < -0.39 is 0 Å². The number of nitrogens with zero attached hydrogens (tertiary/aromatic N) is 1. The van der Waals surface area contributed by atoms with Crippen molar-refractivity contribution in [3.8, 4) is 5.75 Å². The molecule has 1 heterocycles. The fraction of sp³-hybridized carbons (Fsp3) is 0.364. The Bertz CT molecular complexity index is 751. The summed E-state index contributed by atoms with van der Waals surface area (Å²) in [6, 6.07) is 17.1. The third-order valence-electron chi connectivity index (χ3n) is 4.77. The normalized spacial score (nSPS) is 14.6.